The van der Waals surface area contributed by atoms with Crippen molar-refractivity contribution in [2.24, 2.45) is 0 Å². The molecule has 13 heteroatoms. The van der Waals surface area contributed by atoms with E-state index in [-0.39, 0.29) is 21.7 Å². The van der Waals surface area contributed by atoms with Gasteiger partial charge in [-0.25, -0.2) is 0 Å². The molecule has 0 saturated heterocycles. The van der Waals surface area contributed by atoms with Crippen LogP contribution in [0.1, 0.15) is 27.7 Å². The third-order valence-electron chi connectivity index (χ3n) is 2.30. The molecule has 4 unspecified atom stereocenters. The Hall–Kier alpha value is 4.71. The Labute approximate surface area is 215 Å². The molecule has 4 atom stereocenters. The van der Waals surface area contributed by atoms with Gasteiger partial charge < -0.3 is 49.0 Å². The Morgan fingerprint density at radius 2 is 0.520 bits per heavy atom. The maximum atomic E-state index is 4.91. The van der Waals surface area contributed by atoms with Crippen molar-refractivity contribution in [3.63, 3.8) is 0 Å². The van der Waals surface area contributed by atoms with E-state index in [9.17, 15) is 0 Å². The molecule has 0 saturated carbocycles. The minimum absolute atomic E-state index is 0. The summed E-state index contributed by atoms with van der Waals surface area (Å²) in [5.74, 6) is 0. The monoisotopic (exact) mass is 604 g/mol. The summed E-state index contributed by atoms with van der Waals surface area (Å²) in [7, 11) is 0. The Balaban J connectivity index is -0.0000000702. The molecule has 0 amide bonds. The van der Waals surface area contributed by atoms with Crippen molar-refractivity contribution < 1.29 is 21.7 Å². The standard InChI is InChI=1S/4C3H9PS2.Ti/c4*1-3-4(2,5)6;/h4*3H2,1-2H3,(H,5,6);/q;;;;+4/p-4. The smallest absolute Gasteiger partial charge is 0.747 e. The van der Waals surface area contributed by atoms with E-state index in [4.69, 9.17) is 96.2 Å². The largest absolute Gasteiger partial charge is 4.00 e. The summed E-state index contributed by atoms with van der Waals surface area (Å²) in [6, 6.07) is 0. The summed E-state index contributed by atoms with van der Waals surface area (Å²) in [6.45, 7) is 16.1. The molecule has 0 N–H and O–H groups in total. The van der Waals surface area contributed by atoms with Crippen LogP contribution in [0.25, 0.3) is 0 Å². The van der Waals surface area contributed by atoms with Gasteiger partial charge in [-0.15, -0.1) is 47.2 Å². The Kier molecular flexibility index (Phi) is 33.1. The molecule has 0 aliphatic carbocycles. The molecule has 0 aromatic carbocycles. The first-order valence-electron chi connectivity index (χ1n) is 7.34. The number of hydrogen-bond acceptors (Lipinski definition) is 8. The maximum Gasteiger partial charge on any atom is 4.00 e. The zero-order valence-corrected chi connectivity index (χ0v) is 28.1. The summed E-state index contributed by atoms with van der Waals surface area (Å²) >= 11 is 39.3. The molecule has 0 fully saturated rings. The van der Waals surface area contributed by atoms with Crippen molar-refractivity contribution in [1.82, 2.24) is 0 Å². The van der Waals surface area contributed by atoms with Crippen molar-refractivity contribution in [3.05, 3.63) is 0 Å². The van der Waals surface area contributed by atoms with Crippen LogP contribution in [-0.4, -0.2) is 51.3 Å². The third-order valence-corrected chi connectivity index (χ3v) is 13.1. The average molecular weight is 605 g/mol. The molecular formula is C12H32P4S8Ti. The predicted octanol–water partition coefficient (Wildman–Crippen LogP) is 6.31. The molecule has 152 valence electrons. The Morgan fingerprint density at radius 1 is 0.480 bits per heavy atom. The van der Waals surface area contributed by atoms with E-state index in [1.54, 1.807) is 0 Å². The normalized spacial score (nSPS) is 19.0. The Bertz CT molecular complexity index is 386. The summed E-state index contributed by atoms with van der Waals surface area (Å²) in [6.07, 6.45) is 4.05. The van der Waals surface area contributed by atoms with Gasteiger partial charge in [0.05, 0.1) is 0 Å². The SMILES string of the molecule is CCP(C)(=S)[S-].CCP(C)(=S)[S-].CCP(C)(=S)[S-].CCP(C)(=S)[S-].[Ti+4]. The van der Waals surface area contributed by atoms with Gasteiger partial charge in [0.15, 0.2) is 0 Å². The van der Waals surface area contributed by atoms with Gasteiger partial charge in [-0.3, -0.25) is 0 Å². The van der Waals surface area contributed by atoms with Crippen molar-refractivity contribution in [3.8, 4) is 0 Å². The average Bonchev–Trinajstić information content (AvgIpc) is 2.37. The summed E-state index contributed by atoms with van der Waals surface area (Å²) in [5, 5.41) is -4.92. The predicted molar refractivity (Wildman–Crippen MR) is 152 cm³/mol. The van der Waals surface area contributed by atoms with Crippen LogP contribution in [0.5, 0.6) is 0 Å². The molecule has 0 aromatic rings. The fourth-order valence-electron chi connectivity index (χ4n) is 0. The van der Waals surface area contributed by atoms with Gasteiger partial charge in [-0.05, 0) is 24.6 Å². The van der Waals surface area contributed by atoms with Gasteiger partial charge in [0.1, 0.15) is 0 Å². The molecule has 0 rings (SSSR count). The van der Waals surface area contributed by atoms with Crippen molar-refractivity contribution in [2.45, 2.75) is 27.7 Å². The van der Waals surface area contributed by atoms with E-state index in [0.717, 1.165) is 24.6 Å². The van der Waals surface area contributed by atoms with Crippen LogP contribution in [0.3, 0.4) is 0 Å². The Morgan fingerprint density at radius 3 is 0.520 bits per heavy atom. The van der Waals surface area contributed by atoms with Crippen LogP contribution in [0.2, 0.25) is 0 Å². The van der Waals surface area contributed by atoms with Gasteiger partial charge in [-0.1, -0.05) is 54.4 Å². The molecule has 0 spiro atoms. The van der Waals surface area contributed by atoms with Crippen molar-refractivity contribution in [2.75, 3.05) is 51.3 Å². The first-order valence-corrected chi connectivity index (χ1v) is 25.1. The number of hydrogen-bond donors (Lipinski definition) is 0. The van der Waals surface area contributed by atoms with Crippen molar-refractivity contribution in [1.29, 1.82) is 0 Å². The molecule has 0 bridgehead atoms. The van der Waals surface area contributed by atoms with Crippen LogP contribution in [0, 0.1) is 0 Å². The van der Waals surface area contributed by atoms with Crippen LogP contribution >= 0.6 is 21.0 Å². The zero-order chi connectivity index (χ0) is 20.8. The molecule has 0 aromatic heterocycles. The molecule has 0 heterocycles. The topological polar surface area (TPSA) is 0 Å². The van der Waals surface area contributed by atoms with E-state index in [0.29, 0.717) is 0 Å². The fourth-order valence-corrected chi connectivity index (χ4v) is 0. The second-order valence-corrected chi connectivity index (χ2v) is 38.1. The van der Waals surface area contributed by atoms with Crippen LogP contribution in [-0.2, 0) is 118 Å². The minimum atomic E-state index is -1.23. The zero-order valence-electron chi connectivity index (χ0n) is 16.4. The summed E-state index contributed by atoms with van der Waals surface area (Å²) in [5.41, 5.74) is 0. The fraction of sp³-hybridized carbons (Fsp3) is 1.00. The van der Waals surface area contributed by atoms with E-state index in [2.05, 4.69) is 0 Å². The van der Waals surface area contributed by atoms with Crippen molar-refractivity contribution >= 4 is 117 Å². The summed E-state index contributed by atoms with van der Waals surface area (Å²) in [4.78, 5) is 0. The van der Waals surface area contributed by atoms with Crippen LogP contribution < -0.4 is 0 Å². The molecule has 0 aliphatic rings. The van der Waals surface area contributed by atoms with Gasteiger partial charge in [0, 0.05) is 0 Å². The molecule has 0 aliphatic heterocycles. The van der Waals surface area contributed by atoms with E-state index in [1.807, 2.05) is 54.4 Å². The summed E-state index contributed by atoms with van der Waals surface area (Å²) < 4.78 is 0. The molecule has 0 radical (unpaired) electrons. The van der Waals surface area contributed by atoms with Gasteiger partial charge >= 0.3 is 21.7 Å². The molecular weight excluding hydrogens is 572 g/mol. The second-order valence-electron chi connectivity index (χ2n) is 5.32. The molecule has 0 nitrogen and oxygen atoms in total. The third kappa shape index (κ3) is 73.4. The molecule has 25 heavy (non-hydrogen) atoms. The van der Waals surface area contributed by atoms with E-state index >= 15 is 0 Å². The number of rotatable bonds is 4. The van der Waals surface area contributed by atoms with E-state index in [1.165, 1.54) is 0 Å². The minimum Gasteiger partial charge on any atom is -0.747 e. The maximum absolute atomic E-state index is 4.91. The second kappa shape index (κ2) is 20.6. The van der Waals surface area contributed by atoms with Crippen LogP contribution in [0.15, 0.2) is 0 Å². The van der Waals surface area contributed by atoms with E-state index < -0.39 is 21.0 Å². The first kappa shape index (κ1) is 40.1. The van der Waals surface area contributed by atoms with Gasteiger partial charge in [-0.2, -0.15) is 21.0 Å². The quantitative estimate of drug-likeness (QED) is 0.206. The van der Waals surface area contributed by atoms with Gasteiger partial charge in [0.2, 0.25) is 0 Å². The first-order chi connectivity index (χ1) is 10.2. The van der Waals surface area contributed by atoms with Crippen LogP contribution in [0.4, 0.5) is 0 Å². The van der Waals surface area contributed by atoms with Gasteiger partial charge in [0.25, 0.3) is 0 Å².